The Morgan fingerprint density at radius 2 is 1.83 bits per heavy atom. The van der Waals surface area contributed by atoms with E-state index in [9.17, 15) is 8.42 Å². The first-order valence-corrected chi connectivity index (χ1v) is 13.6. The van der Waals surface area contributed by atoms with E-state index in [-0.39, 0.29) is 5.96 Å². The maximum atomic E-state index is 13.4. The predicted octanol–water partition coefficient (Wildman–Crippen LogP) is 6.49. The van der Waals surface area contributed by atoms with Crippen LogP contribution in [0, 0.1) is 26.2 Å². The minimum Gasteiger partial charge on any atom is -0.267 e. The van der Waals surface area contributed by atoms with Gasteiger partial charge in [-0.25, -0.2) is 13.1 Å². The molecule has 0 fully saturated rings. The fraction of sp³-hybridized carbons (Fsp3) is 0.214. The second-order valence-electron chi connectivity index (χ2n) is 8.95. The smallest absolute Gasteiger partial charge is 0.245 e. The van der Waals surface area contributed by atoms with E-state index in [4.69, 9.17) is 17.0 Å². The Morgan fingerprint density at radius 1 is 1.17 bits per heavy atom. The lowest BCUT2D eigenvalue weighted by Gasteiger charge is -2.20. The average molecular weight is 521 g/mol. The molecule has 1 atom stereocenters. The quantitative estimate of drug-likeness (QED) is 0.221. The SMILES string of the molecule is C=CC(c1c(C)cc(C)cc1C)S(=O)(=O)NC(=N)n1cc(C2=CCCC=C2)c(-c2ccc(Cl)cc2)n1. The zero-order chi connectivity index (χ0) is 26.0. The van der Waals surface area contributed by atoms with Crippen molar-refractivity contribution >= 4 is 33.2 Å². The number of benzene rings is 2. The van der Waals surface area contributed by atoms with Gasteiger partial charge >= 0.3 is 0 Å². The minimum atomic E-state index is -4.03. The van der Waals surface area contributed by atoms with Crippen LogP contribution in [0.15, 0.2) is 73.5 Å². The van der Waals surface area contributed by atoms with Gasteiger partial charge in [0.1, 0.15) is 10.9 Å². The maximum Gasteiger partial charge on any atom is 0.245 e. The van der Waals surface area contributed by atoms with Crippen LogP contribution < -0.4 is 4.72 Å². The zero-order valence-corrected chi connectivity index (χ0v) is 22.1. The molecule has 6 nitrogen and oxygen atoms in total. The van der Waals surface area contributed by atoms with E-state index in [0.29, 0.717) is 16.3 Å². The van der Waals surface area contributed by atoms with Crippen molar-refractivity contribution in [1.82, 2.24) is 14.5 Å². The van der Waals surface area contributed by atoms with Crippen LogP contribution >= 0.6 is 11.6 Å². The molecule has 1 aromatic heterocycles. The second kappa shape index (κ2) is 10.3. The van der Waals surface area contributed by atoms with Gasteiger partial charge in [0, 0.05) is 22.3 Å². The lowest BCUT2D eigenvalue weighted by Crippen LogP contribution is -2.38. The van der Waals surface area contributed by atoms with Crippen molar-refractivity contribution in [2.24, 2.45) is 0 Å². The van der Waals surface area contributed by atoms with E-state index < -0.39 is 15.3 Å². The first-order chi connectivity index (χ1) is 17.1. The maximum absolute atomic E-state index is 13.4. The van der Waals surface area contributed by atoms with E-state index in [2.05, 4.69) is 28.6 Å². The number of nitrogens with one attached hydrogen (secondary N) is 2. The van der Waals surface area contributed by atoms with Crippen LogP contribution in [0.3, 0.4) is 0 Å². The molecule has 1 heterocycles. The molecular weight excluding hydrogens is 492 g/mol. The number of sulfonamides is 1. The number of aryl methyl sites for hydroxylation is 3. The van der Waals surface area contributed by atoms with Gasteiger partial charge in [0.05, 0.1) is 0 Å². The molecule has 1 unspecified atom stereocenters. The van der Waals surface area contributed by atoms with E-state index >= 15 is 0 Å². The van der Waals surface area contributed by atoms with Crippen LogP contribution in [-0.2, 0) is 10.0 Å². The molecule has 2 aromatic carbocycles. The second-order valence-corrected chi connectivity index (χ2v) is 11.2. The summed E-state index contributed by atoms with van der Waals surface area (Å²) in [5.74, 6) is -0.369. The third-order valence-corrected chi connectivity index (χ3v) is 8.00. The summed E-state index contributed by atoms with van der Waals surface area (Å²) in [5, 5.41) is 12.8. The Bertz CT molecular complexity index is 1480. The van der Waals surface area contributed by atoms with E-state index in [0.717, 1.165) is 46.2 Å². The Labute approximate surface area is 217 Å². The van der Waals surface area contributed by atoms with E-state index in [1.807, 2.05) is 51.1 Å². The summed E-state index contributed by atoms with van der Waals surface area (Å²) >= 11 is 6.07. The third-order valence-electron chi connectivity index (χ3n) is 6.18. The zero-order valence-electron chi connectivity index (χ0n) is 20.5. The summed E-state index contributed by atoms with van der Waals surface area (Å²) in [4.78, 5) is 0. The summed E-state index contributed by atoms with van der Waals surface area (Å²) in [6, 6.07) is 11.2. The standard InChI is InChI=1S/C28H29ClN4O2S/c1-5-25(26-19(3)15-18(2)16-20(26)4)36(34,35)32-28(30)33-17-24(21-9-7-6-8-10-21)27(31-33)22-11-13-23(29)14-12-22/h5,7,9-17,25H,1,6,8H2,2-4H3,(H2,30,32). The van der Waals surface area contributed by atoms with E-state index in [1.54, 1.807) is 18.3 Å². The van der Waals surface area contributed by atoms with Gasteiger partial charge in [0.25, 0.3) is 0 Å². The van der Waals surface area contributed by atoms with Crippen molar-refractivity contribution < 1.29 is 8.42 Å². The van der Waals surface area contributed by atoms with Crippen molar-refractivity contribution in [2.75, 3.05) is 0 Å². The Hall–Kier alpha value is -3.42. The molecule has 36 heavy (non-hydrogen) atoms. The van der Waals surface area contributed by atoms with Crippen LogP contribution in [0.5, 0.6) is 0 Å². The molecule has 0 amide bonds. The number of rotatable bonds is 6. The molecule has 0 radical (unpaired) electrons. The number of hydrogen-bond donors (Lipinski definition) is 2. The monoisotopic (exact) mass is 520 g/mol. The molecule has 0 aliphatic heterocycles. The third kappa shape index (κ3) is 5.22. The molecule has 2 N–H and O–H groups in total. The number of aromatic nitrogens is 2. The molecule has 1 aliphatic rings. The number of nitrogens with zero attached hydrogens (tertiary/aromatic N) is 2. The van der Waals surface area contributed by atoms with Crippen LogP contribution in [0.2, 0.25) is 5.02 Å². The number of hydrogen-bond acceptors (Lipinski definition) is 4. The molecule has 0 saturated heterocycles. The molecule has 0 spiro atoms. The molecule has 1 aliphatic carbocycles. The predicted molar refractivity (Wildman–Crippen MR) is 148 cm³/mol. The largest absolute Gasteiger partial charge is 0.267 e. The summed E-state index contributed by atoms with van der Waals surface area (Å²) in [6.07, 6.45) is 11.2. The molecule has 3 aromatic rings. The minimum absolute atomic E-state index is 0.369. The number of allylic oxidation sites excluding steroid dienone is 4. The van der Waals surface area contributed by atoms with Crippen LogP contribution in [0.25, 0.3) is 16.8 Å². The molecule has 4 rings (SSSR count). The Kier molecular flexibility index (Phi) is 7.33. The van der Waals surface area contributed by atoms with Crippen molar-refractivity contribution in [3.8, 4) is 11.3 Å². The van der Waals surface area contributed by atoms with Gasteiger partial charge in [0.15, 0.2) is 0 Å². The van der Waals surface area contributed by atoms with Crippen LogP contribution in [-0.4, -0.2) is 24.2 Å². The normalized spacial score (nSPS) is 14.3. The van der Waals surface area contributed by atoms with Crippen molar-refractivity contribution in [3.05, 3.63) is 106 Å². The van der Waals surface area contributed by atoms with Gasteiger partial charge in [-0.05, 0) is 68.0 Å². The average Bonchev–Trinajstić information content (AvgIpc) is 3.27. The highest BCUT2D eigenvalue weighted by atomic mass is 35.5. The summed E-state index contributed by atoms with van der Waals surface area (Å²) < 4.78 is 30.5. The molecule has 0 bridgehead atoms. The van der Waals surface area contributed by atoms with Gasteiger partial charge in [-0.15, -0.1) is 6.58 Å². The van der Waals surface area contributed by atoms with Crippen LogP contribution in [0.4, 0.5) is 0 Å². The van der Waals surface area contributed by atoms with Gasteiger partial charge in [-0.1, -0.05) is 65.7 Å². The van der Waals surface area contributed by atoms with Gasteiger partial charge < -0.3 is 0 Å². The van der Waals surface area contributed by atoms with Gasteiger partial charge in [-0.2, -0.15) is 5.10 Å². The summed E-state index contributed by atoms with van der Waals surface area (Å²) in [6.45, 7) is 9.52. The highest BCUT2D eigenvalue weighted by Crippen LogP contribution is 2.32. The van der Waals surface area contributed by atoms with Gasteiger partial charge in [-0.3, -0.25) is 10.1 Å². The topological polar surface area (TPSA) is 87.8 Å². The molecule has 186 valence electrons. The first-order valence-electron chi connectivity index (χ1n) is 11.6. The van der Waals surface area contributed by atoms with Crippen molar-refractivity contribution in [2.45, 2.75) is 38.9 Å². The first kappa shape index (κ1) is 25.7. The highest BCUT2D eigenvalue weighted by molar-refractivity contribution is 7.90. The Morgan fingerprint density at radius 3 is 2.42 bits per heavy atom. The lowest BCUT2D eigenvalue weighted by molar-refractivity contribution is 0.584. The highest BCUT2D eigenvalue weighted by Gasteiger charge is 2.29. The molecule has 8 heteroatoms. The van der Waals surface area contributed by atoms with Crippen molar-refractivity contribution in [1.29, 1.82) is 5.41 Å². The fourth-order valence-corrected chi connectivity index (χ4v) is 6.17. The fourth-order valence-electron chi connectivity index (χ4n) is 4.62. The molecular formula is C28H29ClN4O2S. The molecule has 0 saturated carbocycles. The Balaban J connectivity index is 1.71. The summed E-state index contributed by atoms with van der Waals surface area (Å²) in [5.41, 5.74) is 6.67. The lowest BCUT2D eigenvalue weighted by atomic mass is 9.97. The summed E-state index contributed by atoms with van der Waals surface area (Å²) in [7, 11) is -4.03. The van der Waals surface area contributed by atoms with Crippen LogP contribution in [0.1, 0.15) is 45.9 Å². The van der Waals surface area contributed by atoms with Crippen molar-refractivity contribution in [3.63, 3.8) is 0 Å². The van der Waals surface area contributed by atoms with Gasteiger partial charge in [0.2, 0.25) is 16.0 Å². The number of halogens is 1. The van der Waals surface area contributed by atoms with E-state index in [1.165, 1.54) is 10.8 Å².